The first-order valence-electron chi connectivity index (χ1n) is 13.8. The highest BCUT2D eigenvalue weighted by atomic mass is 32.1. The minimum Gasteiger partial charge on any atom is -0.351 e. The third kappa shape index (κ3) is 4.24. The molecule has 7 rings (SSSR count). The zero-order valence-electron chi connectivity index (χ0n) is 22.1. The number of aromatic nitrogens is 5. The van der Waals surface area contributed by atoms with Crippen LogP contribution in [0.3, 0.4) is 0 Å². The molecule has 3 aliphatic rings. The molecule has 2 fully saturated rings. The Hall–Kier alpha value is -3.57. The number of hydrogen-bond acceptors (Lipinski definition) is 7. The van der Waals surface area contributed by atoms with Gasteiger partial charge >= 0.3 is 0 Å². The van der Waals surface area contributed by atoms with Gasteiger partial charge in [0.1, 0.15) is 4.83 Å². The molecule has 4 aromatic rings. The van der Waals surface area contributed by atoms with Crippen LogP contribution >= 0.6 is 11.3 Å². The van der Waals surface area contributed by atoms with Gasteiger partial charge in [0.05, 0.1) is 39.8 Å². The Morgan fingerprint density at radius 3 is 2.77 bits per heavy atom. The van der Waals surface area contributed by atoms with E-state index in [-0.39, 0.29) is 11.8 Å². The Morgan fingerprint density at radius 1 is 1.05 bits per heavy atom. The second-order valence-electron chi connectivity index (χ2n) is 11.0. The smallest absolute Gasteiger partial charge is 0.260 e. The number of amides is 2. The van der Waals surface area contributed by atoms with Crippen molar-refractivity contribution in [3.8, 4) is 10.4 Å². The fourth-order valence-corrected chi connectivity index (χ4v) is 7.50. The van der Waals surface area contributed by atoms with E-state index in [9.17, 15) is 9.59 Å². The van der Waals surface area contributed by atoms with Gasteiger partial charge in [-0.05, 0) is 64.5 Å². The lowest BCUT2D eigenvalue weighted by atomic mass is 9.75. The van der Waals surface area contributed by atoms with Gasteiger partial charge in [0, 0.05) is 48.8 Å². The van der Waals surface area contributed by atoms with Crippen molar-refractivity contribution >= 4 is 33.7 Å². The van der Waals surface area contributed by atoms with E-state index in [2.05, 4.69) is 35.4 Å². The number of thiazole rings is 1. The monoisotopic (exact) mass is 544 g/mol. The summed E-state index contributed by atoms with van der Waals surface area (Å²) in [6.07, 6.45) is 15.6. The number of pyridine rings is 1. The Bertz CT molecular complexity index is 1580. The Balaban J connectivity index is 1.03. The predicted molar refractivity (Wildman–Crippen MR) is 149 cm³/mol. The van der Waals surface area contributed by atoms with Crippen LogP contribution in [0.15, 0.2) is 30.9 Å². The van der Waals surface area contributed by atoms with Crippen LogP contribution in [0.1, 0.15) is 70.6 Å². The van der Waals surface area contributed by atoms with E-state index >= 15 is 0 Å². The van der Waals surface area contributed by atoms with Gasteiger partial charge in [-0.1, -0.05) is 0 Å². The average molecular weight is 545 g/mol. The maximum atomic E-state index is 13.3. The molecule has 2 aliphatic heterocycles. The standard InChI is InChI=1S/C28H32N8O2S/c1-18-22(13-19(14-30-18)25(37)29-9-12-34-10-4-8-28(34)6-3-7-28)33-26(38)21-16-32-36-17-24(39-27(21)36)20-15-31-35-11-2-5-23(20)35/h13-17H,2-12H2,1H3,(H,29,37)(H,33,38). The first-order valence-corrected chi connectivity index (χ1v) is 14.7. The molecule has 0 atom stereocenters. The molecule has 2 amide bonds. The van der Waals surface area contributed by atoms with Crippen molar-refractivity contribution in [3.63, 3.8) is 0 Å². The van der Waals surface area contributed by atoms with E-state index < -0.39 is 0 Å². The van der Waals surface area contributed by atoms with Gasteiger partial charge in [0.25, 0.3) is 11.8 Å². The molecule has 10 nitrogen and oxygen atoms in total. The minimum absolute atomic E-state index is 0.176. The largest absolute Gasteiger partial charge is 0.351 e. The summed E-state index contributed by atoms with van der Waals surface area (Å²) in [4.78, 5) is 35.0. The molecule has 6 heterocycles. The maximum absolute atomic E-state index is 13.3. The van der Waals surface area contributed by atoms with Crippen LogP contribution in [-0.4, -0.2) is 66.3 Å². The summed E-state index contributed by atoms with van der Waals surface area (Å²) in [7, 11) is 0. The number of fused-ring (bicyclic) bond motifs is 2. The molecule has 1 aliphatic carbocycles. The summed E-state index contributed by atoms with van der Waals surface area (Å²) >= 11 is 1.53. The lowest BCUT2D eigenvalue weighted by Crippen LogP contribution is -2.51. The number of rotatable bonds is 7. The van der Waals surface area contributed by atoms with Crippen LogP contribution in [0, 0.1) is 6.92 Å². The second kappa shape index (κ2) is 9.56. The Kier molecular flexibility index (Phi) is 6.00. The van der Waals surface area contributed by atoms with Crippen molar-refractivity contribution in [1.29, 1.82) is 0 Å². The molecule has 1 saturated carbocycles. The van der Waals surface area contributed by atoms with Gasteiger partial charge in [0.15, 0.2) is 0 Å². The predicted octanol–water partition coefficient (Wildman–Crippen LogP) is 3.91. The summed E-state index contributed by atoms with van der Waals surface area (Å²) in [5.74, 6) is -0.453. The molecular weight excluding hydrogens is 512 g/mol. The zero-order valence-corrected chi connectivity index (χ0v) is 22.9. The fraction of sp³-hybridized carbons (Fsp3) is 0.464. The van der Waals surface area contributed by atoms with Gasteiger partial charge < -0.3 is 10.6 Å². The van der Waals surface area contributed by atoms with Crippen LogP contribution in [0.4, 0.5) is 5.69 Å². The van der Waals surface area contributed by atoms with Crippen molar-refractivity contribution in [2.75, 3.05) is 25.0 Å². The van der Waals surface area contributed by atoms with E-state index in [1.165, 1.54) is 49.1 Å². The number of anilines is 1. The van der Waals surface area contributed by atoms with Gasteiger partial charge in [-0.2, -0.15) is 10.2 Å². The van der Waals surface area contributed by atoms with Crippen molar-refractivity contribution in [2.24, 2.45) is 0 Å². The summed E-state index contributed by atoms with van der Waals surface area (Å²) in [6.45, 7) is 5.37. The Labute approximate surface area is 230 Å². The SMILES string of the molecule is Cc1ncc(C(=O)NCCN2CCCC23CCC3)cc1NC(=O)c1cnn2cc(-c3cnn4c3CCC4)sc12. The summed E-state index contributed by atoms with van der Waals surface area (Å²) in [6, 6.07) is 1.70. The summed E-state index contributed by atoms with van der Waals surface area (Å²) in [5.41, 5.74) is 4.84. The van der Waals surface area contributed by atoms with Gasteiger partial charge in [-0.3, -0.25) is 24.2 Å². The number of likely N-dealkylation sites (tertiary alicyclic amines) is 1. The molecule has 4 aromatic heterocycles. The van der Waals surface area contributed by atoms with Crippen molar-refractivity contribution < 1.29 is 9.59 Å². The lowest BCUT2D eigenvalue weighted by Gasteiger charge is -2.46. The molecule has 202 valence electrons. The minimum atomic E-state index is -0.277. The van der Waals surface area contributed by atoms with Crippen molar-refractivity contribution in [2.45, 2.75) is 64.0 Å². The first kappa shape index (κ1) is 24.5. The van der Waals surface area contributed by atoms with E-state index in [1.54, 1.807) is 23.0 Å². The van der Waals surface area contributed by atoms with E-state index in [1.807, 2.05) is 19.3 Å². The number of carbonyl (C=O) groups is 2. The molecule has 1 saturated heterocycles. The van der Waals surface area contributed by atoms with Crippen LogP contribution < -0.4 is 10.6 Å². The molecule has 11 heteroatoms. The van der Waals surface area contributed by atoms with Crippen LogP contribution in [-0.2, 0) is 13.0 Å². The van der Waals surface area contributed by atoms with E-state index in [0.717, 1.165) is 47.7 Å². The Morgan fingerprint density at radius 2 is 1.92 bits per heavy atom. The normalized spacial score (nSPS) is 18.0. The molecule has 0 radical (unpaired) electrons. The number of carbonyl (C=O) groups excluding carboxylic acids is 2. The summed E-state index contributed by atoms with van der Waals surface area (Å²) in [5, 5.41) is 14.9. The molecule has 2 N–H and O–H groups in total. The molecule has 1 spiro atoms. The lowest BCUT2D eigenvalue weighted by molar-refractivity contribution is 0.0561. The fourth-order valence-electron chi connectivity index (χ4n) is 6.41. The van der Waals surface area contributed by atoms with E-state index in [4.69, 9.17) is 0 Å². The number of aryl methyl sites for hydroxylation is 2. The van der Waals surface area contributed by atoms with Crippen LogP contribution in [0.5, 0.6) is 0 Å². The number of nitrogens with one attached hydrogen (secondary N) is 2. The highest BCUT2D eigenvalue weighted by Gasteiger charge is 2.44. The number of nitrogens with zero attached hydrogens (tertiary/aromatic N) is 6. The molecule has 0 aromatic carbocycles. The molecule has 39 heavy (non-hydrogen) atoms. The summed E-state index contributed by atoms with van der Waals surface area (Å²) < 4.78 is 3.80. The topological polar surface area (TPSA) is 109 Å². The van der Waals surface area contributed by atoms with E-state index in [0.29, 0.717) is 34.6 Å². The average Bonchev–Trinajstić information content (AvgIpc) is 3.70. The quantitative estimate of drug-likeness (QED) is 0.365. The number of hydrogen-bond donors (Lipinski definition) is 2. The third-order valence-electron chi connectivity index (χ3n) is 8.73. The second-order valence-corrected chi connectivity index (χ2v) is 12.0. The first-order chi connectivity index (χ1) is 19.0. The molecular formula is C28H32N8O2S. The van der Waals surface area contributed by atoms with Crippen molar-refractivity contribution in [1.82, 2.24) is 34.6 Å². The van der Waals surface area contributed by atoms with Crippen molar-refractivity contribution in [3.05, 3.63) is 53.4 Å². The van der Waals surface area contributed by atoms with Crippen LogP contribution in [0.2, 0.25) is 0 Å². The van der Waals surface area contributed by atoms with Gasteiger partial charge in [-0.15, -0.1) is 11.3 Å². The third-order valence-corrected chi connectivity index (χ3v) is 9.87. The van der Waals surface area contributed by atoms with Gasteiger partial charge in [0.2, 0.25) is 0 Å². The van der Waals surface area contributed by atoms with Gasteiger partial charge in [-0.25, -0.2) is 4.52 Å². The molecule has 0 bridgehead atoms. The maximum Gasteiger partial charge on any atom is 0.260 e. The highest BCUT2D eigenvalue weighted by Crippen LogP contribution is 2.45. The van der Waals surface area contributed by atoms with Crippen LogP contribution in [0.25, 0.3) is 15.3 Å². The highest BCUT2D eigenvalue weighted by molar-refractivity contribution is 7.21. The zero-order chi connectivity index (χ0) is 26.6. The molecule has 0 unspecified atom stereocenters.